The molecule has 0 saturated carbocycles. The Bertz CT molecular complexity index is 449. The number of methoxy groups -OCH3 is 1. The highest BCUT2D eigenvalue weighted by atomic mass is 79.9. The van der Waals surface area contributed by atoms with Crippen molar-refractivity contribution in [2.45, 2.75) is 12.8 Å². The summed E-state index contributed by atoms with van der Waals surface area (Å²) < 4.78 is 6.51. The molecule has 0 fully saturated rings. The Morgan fingerprint density at radius 3 is 3.00 bits per heavy atom. The van der Waals surface area contributed by atoms with Gasteiger partial charge < -0.3 is 9.14 Å². The zero-order valence-electron chi connectivity index (χ0n) is 8.92. The van der Waals surface area contributed by atoms with Gasteiger partial charge in [-0.25, -0.2) is 4.98 Å². The molecule has 0 spiro atoms. The molecule has 0 aliphatic heterocycles. The lowest BCUT2D eigenvalue weighted by atomic mass is 10.2. The van der Waals surface area contributed by atoms with Crippen LogP contribution in [0.2, 0.25) is 0 Å². The lowest BCUT2D eigenvalue weighted by molar-refractivity contribution is -0.140. The number of fused-ring (bicyclic) bond motifs is 1. The fourth-order valence-corrected chi connectivity index (χ4v) is 1.44. The summed E-state index contributed by atoms with van der Waals surface area (Å²) in [4.78, 5) is 15.3. The zero-order valence-corrected chi connectivity index (χ0v) is 10.6. The maximum Gasteiger partial charge on any atom is 0.305 e. The molecule has 2 rings (SSSR count). The summed E-state index contributed by atoms with van der Waals surface area (Å²) in [7, 11) is 1.39. The zero-order chi connectivity index (χ0) is 10.7. The molecule has 2 aromatic heterocycles. The first kappa shape index (κ1) is 12.7. The van der Waals surface area contributed by atoms with Crippen LogP contribution in [-0.4, -0.2) is 22.5 Å². The van der Waals surface area contributed by atoms with Crippen LogP contribution < -0.4 is 0 Å². The maximum atomic E-state index is 10.9. The molecule has 0 aliphatic carbocycles. The van der Waals surface area contributed by atoms with Gasteiger partial charge in [0.2, 0.25) is 0 Å². The molecule has 0 unspecified atom stereocenters. The van der Waals surface area contributed by atoms with Crippen molar-refractivity contribution in [3.63, 3.8) is 0 Å². The van der Waals surface area contributed by atoms with Gasteiger partial charge in [-0.1, -0.05) is 6.07 Å². The summed E-state index contributed by atoms with van der Waals surface area (Å²) in [6.45, 7) is 0. The van der Waals surface area contributed by atoms with Gasteiger partial charge >= 0.3 is 5.97 Å². The van der Waals surface area contributed by atoms with E-state index < -0.39 is 0 Å². The minimum absolute atomic E-state index is 0. The van der Waals surface area contributed by atoms with Gasteiger partial charge in [0.15, 0.2) is 0 Å². The smallest absolute Gasteiger partial charge is 0.305 e. The number of esters is 1. The van der Waals surface area contributed by atoms with Crippen LogP contribution in [0.15, 0.2) is 30.6 Å². The Kier molecular flexibility index (Phi) is 4.49. The van der Waals surface area contributed by atoms with Gasteiger partial charge in [0.25, 0.3) is 0 Å². The molecule has 16 heavy (non-hydrogen) atoms. The van der Waals surface area contributed by atoms with Crippen LogP contribution in [0.4, 0.5) is 0 Å². The largest absolute Gasteiger partial charge is 0.469 e. The van der Waals surface area contributed by atoms with Gasteiger partial charge in [0.1, 0.15) is 5.65 Å². The normalized spacial score (nSPS) is 9.81. The number of rotatable bonds is 3. The minimum Gasteiger partial charge on any atom is -0.469 e. The number of carbonyl (C=O) groups is 1. The van der Waals surface area contributed by atoms with Crippen molar-refractivity contribution < 1.29 is 9.53 Å². The van der Waals surface area contributed by atoms with Crippen LogP contribution in [0.5, 0.6) is 0 Å². The molecular formula is C11H13BrN2O2. The van der Waals surface area contributed by atoms with E-state index in [1.54, 1.807) is 0 Å². The van der Waals surface area contributed by atoms with Gasteiger partial charge in [-0.3, -0.25) is 4.79 Å². The standard InChI is InChI=1S/C11H12N2O2.BrH/c1-15-11(14)6-5-9-8-13-7-3-2-4-10(13)12-9;/h2-4,7-8H,5-6H2,1H3;1H. The summed E-state index contributed by atoms with van der Waals surface area (Å²) in [6.07, 6.45) is 4.86. The average molecular weight is 285 g/mol. The van der Waals surface area contributed by atoms with E-state index in [0.29, 0.717) is 12.8 Å². The Balaban J connectivity index is 0.00000128. The number of carbonyl (C=O) groups excluding carboxylic acids is 1. The topological polar surface area (TPSA) is 43.6 Å². The molecule has 0 N–H and O–H groups in total. The van der Waals surface area contributed by atoms with E-state index in [4.69, 9.17) is 0 Å². The van der Waals surface area contributed by atoms with Crippen molar-refractivity contribution in [3.8, 4) is 0 Å². The van der Waals surface area contributed by atoms with Crippen molar-refractivity contribution >= 4 is 28.6 Å². The van der Waals surface area contributed by atoms with Crippen LogP contribution in [-0.2, 0) is 16.0 Å². The van der Waals surface area contributed by atoms with Gasteiger partial charge in [-0.2, -0.15) is 0 Å². The molecule has 2 aromatic rings. The second kappa shape index (κ2) is 5.65. The summed E-state index contributed by atoms with van der Waals surface area (Å²) >= 11 is 0. The summed E-state index contributed by atoms with van der Waals surface area (Å²) in [5, 5.41) is 0. The summed E-state index contributed by atoms with van der Waals surface area (Å²) in [6, 6.07) is 5.81. The third-order valence-corrected chi connectivity index (χ3v) is 2.23. The molecule has 86 valence electrons. The number of aryl methyl sites for hydroxylation is 1. The lowest BCUT2D eigenvalue weighted by Gasteiger charge is -1.95. The molecule has 0 aliphatic rings. The molecule has 4 nitrogen and oxygen atoms in total. The van der Waals surface area contributed by atoms with E-state index in [1.807, 2.05) is 35.0 Å². The summed E-state index contributed by atoms with van der Waals surface area (Å²) in [5.41, 5.74) is 1.81. The van der Waals surface area contributed by atoms with Crippen LogP contribution in [0.25, 0.3) is 5.65 Å². The highest BCUT2D eigenvalue weighted by Gasteiger charge is 2.04. The first-order valence-corrected chi connectivity index (χ1v) is 4.79. The van der Waals surface area contributed by atoms with E-state index in [1.165, 1.54) is 7.11 Å². The molecule has 0 atom stereocenters. The number of pyridine rings is 1. The van der Waals surface area contributed by atoms with Gasteiger partial charge in [-0.05, 0) is 12.1 Å². The SMILES string of the molecule is Br.COC(=O)CCc1cn2ccccc2n1. The Labute approximate surface area is 104 Å². The predicted molar refractivity (Wildman–Crippen MR) is 65.9 cm³/mol. The monoisotopic (exact) mass is 284 g/mol. The van der Waals surface area contributed by atoms with Crippen LogP contribution >= 0.6 is 17.0 Å². The molecule has 5 heteroatoms. The van der Waals surface area contributed by atoms with Gasteiger partial charge in [-0.15, -0.1) is 17.0 Å². The van der Waals surface area contributed by atoms with Crippen molar-refractivity contribution in [1.29, 1.82) is 0 Å². The van der Waals surface area contributed by atoms with Gasteiger partial charge in [0, 0.05) is 18.8 Å². The van der Waals surface area contributed by atoms with Crippen LogP contribution in [0.1, 0.15) is 12.1 Å². The third-order valence-electron chi connectivity index (χ3n) is 2.23. The van der Waals surface area contributed by atoms with E-state index in [0.717, 1.165) is 11.3 Å². The number of imidazole rings is 1. The first-order chi connectivity index (χ1) is 7.29. The lowest BCUT2D eigenvalue weighted by Crippen LogP contribution is -2.01. The van der Waals surface area contributed by atoms with E-state index in [9.17, 15) is 4.79 Å². The number of hydrogen-bond donors (Lipinski definition) is 0. The van der Waals surface area contributed by atoms with Gasteiger partial charge in [0.05, 0.1) is 19.2 Å². The number of halogens is 1. The first-order valence-electron chi connectivity index (χ1n) is 4.79. The Hall–Kier alpha value is -1.36. The van der Waals surface area contributed by atoms with E-state index in [2.05, 4.69) is 9.72 Å². The number of aromatic nitrogens is 2. The maximum absolute atomic E-state index is 10.9. The molecule has 2 heterocycles. The van der Waals surface area contributed by atoms with Crippen molar-refractivity contribution in [2.75, 3.05) is 7.11 Å². The predicted octanol–water partition coefficient (Wildman–Crippen LogP) is 2.02. The van der Waals surface area contributed by atoms with E-state index >= 15 is 0 Å². The average Bonchev–Trinajstić information content (AvgIpc) is 2.68. The minimum atomic E-state index is -0.202. The molecule has 0 bridgehead atoms. The fourth-order valence-electron chi connectivity index (χ4n) is 1.44. The molecule has 0 radical (unpaired) electrons. The highest BCUT2D eigenvalue weighted by Crippen LogP contribution is 2.06. The Morgan fingerprint density at radius 1 is 1.50 bits per heavy atom. The highest BCUT2D eigenvalue weighted by molar-refractivity contribution is 8.93. The fraction of sp³-hybridized carbons (Fsp3) is 0.273. The Morgan fingerprint density at radius 2 is 2.31 bits per heavy atom. The van der Waals surface area contributed by atoms with Crippen molar-refractivity contribution in [3.05, 3.63) is 36.3 Å². The second-order valence-electron chi connectivity index (χ2n) is 3.27. The second-order valence-corrected chi connectivity index (χ2v) is 3.27. The molecule has 0 amide bonds. The number of hydrogen-bond acceptors (Lipinski definition) is 3. The molecular weight excluding hydrogens is 272 g/mol. The van der Waals surface area contributed by atoms with Crippen LogP contribution in [0, 0.1) is 0 Å². The number of ether oxygens (including phenoxy) is 1. The van der Waals surface area contributed by atoms with Crippen molar-refractivity contribution in [2.24, 2.45) is 0 Å². The molecule has 0 aromatic carbocycles. The van der Waals surface area contributed by atoms with Crippen LogP contribution in [0.3, 0.4) is 0 Å². The van der Waals surface area contributed by atoms with Crippen molar-refractivity contribution in [1.82, 2.24) is 9.38 Å². The molecule has 0 saturated heterocycles. The summed E-state index contributed by atoms with van der Waals surface area (Å²) in [5.74, 6) is -0.202. The number of nitrogens with zero attached hydrogens (tertiary/aromatic N) is 2. The quantitative estimate of drug-likeness (QED) is 0.810. The van der Waals surface area contributed by atoms with E-state index in [-0.39, 0.29) is 23.0 Å². The third kappa shape index (κ3) is 2.82.